The van der Waals surface area contributed by atoms with Crippen molar-refractivity contribution in [1.82, 2.24) is 4.90 Å². The Hall–Kier alpha value is -1.66. The molecule has 0 atom stereocenters. The highest BCUT2D eigenvalue weighted by atomic mass is 16.6. The van der Waals surface area contributed by atoms with Gasteiger partial charge in [0, 0.05) is 25.7 Å². The van der Waals surface area contributed by atoms with E-state index in [-0.39, 0.29) is 22.6 Å². The molecule has 1 aromatic rings. The summed E-state index contributed by atoms with van der Waals surface area (Å²) in [5.41, 5.74) is 6.45. The number of ether oxygens (including phenoxy) is 1. The fourth-order valence-electron chi connectivity index (χ4n) is 3.19. The highest BCUT2D eigenvalue weighted by molar-refractivity contribution is 5.62. The molecule has 0 spiro atoms. The van der Waals surface area contributed by atoms with Crippen LogP contribution < -0.4 is 5.73 Å². The number of nitro groups is 1. The minimum absolute atomic E-state index is 0.0284. The lowest BCUT2D eigenvalue weighted by molar-refractivity contribution is -0.384. The van der Waals surface area contributed by atoms with E-state index in [1.165, 1.54) is 6.07 Å². The molecule has 0 amide bonds. The standard InChI is InChI=1S/C15H23N3O3/c1-14(2)9-17(10-15(3,4)21-14)8-11-6-5-7-12(13(11)16)18(19)20/h5-7H,8-10,16H2,1-4H3. The van der Waals surface area contributed by atoms with E-state index in [0.29, 0.717) is 6.54 Å². The van der Waals surface area contributed by atoms with Crippen LogP contribution in [0.15, 0.2) is 18.2 Å². The number of hydrogen-bond donors (Lipinski definition) is 1. The number of nitrogens with zero attached hydrogens (tertiary/aromatic N) is 2. The molecule has 0 aliphatic carbocycles. The van der Waals surface area contributed by atoms with Crippen molar-refractivity contribution in [2.24, 2.45) is 0 Å². The first-order chi connectivity index (χ1) is 9.60. The average Bonchev–Trinajstić information content (AvgIpc) is 2.27. The van der Waals surface area contributed by atoms with Gasteiger partial charge in [-0.15, -0.1) is 0 Å². The minimum Gasteiger partial charge on any atom is -0.393 e. The van der Waals surface area contributed by atoms with E-state index < -0.39 is 4.92 Å². The number of morpholine rings is 1. The van der Waals surface area contributed by atoms with E-state index in [9.17, 15) is 10.1 Å². The first-order valence-electron chi connectivity index (χ1n) is 7.04. The summed E-state index contributed by atoms with van der Waals surface area (Å²) < 4.78 is 6.04. The highest BCUT2D eigenvalue weighted by Gasteiger charge is 2.38. The van der Waals surface area contributed by atoms with Crippen LogP contribution in [0.4, 0.5) is 11.4 Å². The number of nitrogen functional groups attached to an aromatic ring is 1. The molecule has 1 aromatic carbocycles. The van der Waals surface area contributed by atoms with Gasteiger partial charge in [-0.2, -0.15) is 0 Å². The number of rotatable bonds is 3. The number of nitro benzene ring substituents is 1. The molecule has 21 heavy (non-hydrogen) atoms. The van der Waals surface area contributed by atoms with E-state index in [2.05, 4.69) is 32.6 Å². The monoisotopic (exact) mass is 293 g/mol. The zero-order valence-corrected chi connectivity index (χ0v) is 13.0. The predicted octanol–water partition coefficient (Wildman–Crippen LogP) is 2.57. The largest absolute Gasteiger partial charge is 0.393 e. The molecular weight excluding hydrogens is 270 g/mol. The first kappa shape index (κ1) is 15.7. The minimum atomic E-state index is -0.438. The van der Waals surface area contributed by atoms with Crippen molar-refractivity contribution in [1.29, 1.82) is 0 Å². The third-order valence-corrected chi connectivity index (χ3v) is 3.53. The van der Waals surface area contributed by atoms with Crippen molar-refractivity contribution in [2.45, 2.75) is 45.4 Å². The molecule has 1 aliphatic heterocycles. The average molecular weight is 293 g/mol. The van der Waals surface area contributed by atoms with Crippen molar-refractivity contribution in [2.75, 3.05) is 18.8 Å². The third-order valence-electron chi connectivity index (χ3n) is 3.53. The second-order valence-electron chi connectivity index (χ2n) is 6.87. The SMILES string of the molecule is CC1(C)CN(Cc2cccc([N+](=O)[O-])c2N)CC(C)(C)O1. The lowest BCUT2D eigenvalue weighted by atomic mass is 9.98. The highest BCUT2D eigenvalue weighted by Crippen LogP contribution is 2.31. The summed E-state index contributed by atoms with van der Waals surface area (Å²) in [5.74, 6) is 0. The first-order valence-corrected chi connectivity index (χ1v) is 7.04. The van der Waals surface area contributed by atoms with Crippen molar-refractivity contribution in [3.63, 3.8) is 0 Å². The molecule has 0 saturated carbocycles. The van der Waals surface area contributed by atoms with Gasteiger partial charge in [-0.25, -0.2) is 0 Å². The summed E-state index contributed by atoms with van der Waals surface area (Å²) in [5, 5.41) is 11.0. The summed E-state index contributed by atoms with van der Waals surface area (Å²) >= 11 is 0. The van der Waals surface area contributed by atoms with Gasteiger partial charge in [0.25, 0.3) is 5.69 Å². The Bertz CT molecular complexity index is 539. The Labute approximate surface area is 125 Å². The zero-order chi connectivity index (χ0) is 15.8. The predicted molar refractivity (Wildman–Crippen MR) is 82.0 cm³/mol. The van der Waals surface area contributed by atoms with Gasteiger partial charge >= 0.3 is 0 Å². The molecule has 2 N–H and O–H groups in total. The van der Waals surface area contributed by atoms with E-state index in [1.54, 1.807) is 6.07 Å². The van der Waals surface area contributed by atoms with Crippen LogP contribution >= 0.6 is 0 Å². The van der Waals surface area contributed by atoms with Gasteiger partial charge in [0.15, 0.2) is 0 Å². The molecule has 0 radical (unpaired) electrons. The fourth-order valence-corrected chi connectivity index (χ4v) is 3.19. The van der Waals surface area contributed by atoms with Crippen LogP contribution in [0.25, 0.3) is 0 Å². The van der Waals surface area contributed by atoms with E-state index in [0.717, 1.165) is 18.7 Å². The molecule has 1 saturated heterocycles. The Balaban J connectivity index is 2.22. The second kappa shape index (κ2) is 5.27. The smallest absolute Gasteiger partial charge is 0.292 e. The van der Waals surface area contributed by atoms with Gasteiger partial charge in [-0.05, 0) is 33.3 Å². The summed E-state index contributed by atoms with van der Waals surface area (Å²) in [6.45, 7) is 10.3. The van der Waals surface area contributed by atoms with Gasteiger partial charge in [0.1, 0.15) is 5.69 Å². The van der Waals surface area contributed by atoms with E-state index in [1.807, 2.05) is 6.07 Å². The van der Waals surface area contributed by atoms with Crippen LogP contribution in [0.1, 0.15) is 33.3 Å². The molecule has 0 aromatic heterocycles. The van der Waals surface area contributed by atoms with Crippen LogP contribution in [0, 0.1) is 10.1 Å². The van der Waals surface area contributed by atoms with Crippen LogP contribution in [0.2, 0.25) is 0 Å². The van der Waals surface area contributed by atoms with Crippen LogP contribution in [-0.4, -0.2) is 34.1 Å². The molecule has 6 nitrogen and oxygen atoms in total. The summed E-state index contributed by atoms with van der Waals surface area (Å²) in [6, 6.07) is 4.96. The summed E-state index contributed by atoms with van der Waals surface area (Å²) in [4.78, 5) is 12.8. The van der Waals surface area contributed by atoms with Crippen molar-refractivity contribution in [3.8, 4) is 0 Å². The zero-order valence-electron chi connectivity index (χ0n) is 13.0. The van der Waals surface area contributed by atoms with E-state index >= 15 is 0 Å². The van der Waals surface area contributed by atoms with Crippen molar-refractivity contribution in [3.05, 3.63) is 33.9 Å². The quantitative estimate of drug-likeness (QED) is 0.526. The van der Waals surface area contributed by atoms with Crippen molar-refractivity contribution >= 4 is 11.4 Å². The van der Waals surface area contributed by atoms with Crippen LogP contribution in [0.3, 0.4) is 0 Å². The summed E-state index contributed by atoms with van der Waals surface area (Å²) in [6.07, 6.45) is 0. The maximum absolute atomic E-state index is 11.0. The third kappa shape index (κ3) is 3.71. The lowest BCUT2D eigenvalue weighted by Gasteiger charge is -2.47. The van der Waals surface area contributed by atoms with Gasteiger partial charge in [-0.3, -0.25) is 15.0 Å². The molecule has 6 heteroatoms. The Morgan fingerprint density at radius 3 is 2.38 bits per heavy atom. The number of hydrogen-bond acceptors (Lipinski definition) is 5. The normalized spacial score (nSPS) is 21.1. The number of para-hydroxylation sites is 1. The Morgan fingerprint density at radius 2 is 1.86 bits per heavy atom. The van der Waals surface area contributed by atoms with Crippen LogP contribution in [0.5, 0.6) is 0 Å². The van der Waals surface area contributed by atoms with Gasteiger partial charge in [0.05, 0.1) is 16.1 Å². The molecule has 1 heterocycles. The van der Waals surface area contributed by atoms with Crippen molar-refractivity contribution < 1.29 is 9.66 Å². The molecule has 0 unspecified atom stereocenters. The van der Waals surface area contributed by atoms with E-state index in [4.69, 9.17) is 10.5 Å². The number of nitrogens with two attached hydrogens (primary N) is 1. The molecule has 1 fully saturated rings. The number of anilines is 1. The van der Waals surface area contributed by atoms with Gasteiger partial charge < -0.3 is 10.5 Å². The Kier molecular flexibility index (Phi) is 3.95. The fraction of sp³-hybridized carbons (Fsp3) is 0.600. The molecule has 1 aliphatic rings. The second-order valence-corrected chi connectivity index (χ2v) is 6.87. The maximum Gasteiger partial charge on any atom is 0.292 e. The molecule has 2 rings (SSSR count). The Morgan fingerprint density at radius 1 is 1.29 bits per heavy atom. The summed E-state index contributed by atoms with van der Waals surface area (Å²) in [7, 11) is 0. The maximum atomic E-state index is 11.0. The number of benzene rings is 1. The molecule has 0 bridgehead atoms. The van der Waals surface area contributed by atoms with Gasteiger partial charge in [-0.1, -0.05) is 12.1 Å². The van der Waals surface area contributed by atoms with Crippen LogP contribution in [-0.2, 0) is 11.3 Å². The topological polar surface area (TPSA) is 81.6 Å². The van der Waals surface area contributed by atoms with Gasteiger partial charge in [0.2, 0.25) is 0 Å². The molecule has 116 valence electrons. The molecular formula is C15H23N3O3. The lowest BCUT2D eigenvalue weighted by Crippen LogP contribution is -2.56.